The van der Waals surface area contributed by atoms with Gasteiger partial charge in [0.2, 0.25) is 0 Å². The fraction of sp³-hybridized carbons (Fsp3) is 0. The molecule has 0 radical (unpaired) electrons. The number of benzene rings is 1. The summed E-state index contributed by atoms with van der Waals surface area (Å²) in [6.45, 7) is 0. The van der Waals surface area contributed by atoms with E-state index < -0.39 is 12.1 Å². The van der Waals surface area contributed by atoms with Gasteiger partial charge in [-0.25, -0.2) is 9.59 Å². The Kier molecular flexibility index (Phi) is 2.49. The predicted molar refractivity (Wildman–Crippen MR) is 45.0 cm³/mol. The van der Waals surface area contributed by atoms with Crippen LogP contribution in [0.2, 0.25) is 0 Å². The molecule has 13 heavy (non-hydrogen) atoms. The zero-order chi connectivity index (χ0) is 9.84. The van der Waals surface area contributed by atoms with Crippen LogP contribution in [0.5, 0.6) is 0 Å². The van der Waals surface area contributed by atoms with Crippen molar-refractivity contribution in [2.45, 2.75) is 0 Å². The number of hydrogen-bond donors (Lipinski definition) is 3. The van der Waals surface area contributed by atoms with Crippen molar-refractivity contribution >= 4 is 17.7 Å². The highest BCUT2D eigenvalue weighted by Gasteiger charge is 2.09. The number of carboxylic acids is 1. The lowest BCUT2D eigenvalue weighted by atomic mass is 10.2. The van der Waals surface area contributed by atoms with Gasteiger partial charge in [-0.05, 0) is 12.1 Å². The van der Waals surface area contributed by atoms with Gasteiger partial charge >= 0.3 is 12.1 Å². The van der Waals surface area contributed by atoms with E-state index in [-0.39, 0.29) is 11.3 Å². The first-order chi connectivity index (χ1) is 6.11. The topological polar surface area (TPSA) is 86.6 Å². The lowest BCUT2D eigenvalue weighted by Crippen LogP contribution is -2.11. The van der Waals surface area contributed by atoms with Crippen LogP contribution in [0.15, 0.2) is 24.3 Å². The molecule has 1 aromatic carbocycles. The van der Waals surface area contributed by atoms with Crippen molar-refractivity contribution in [3.05, 3.63) is 29.8 Å². The fourth-order valence-electron chi connectivity index (χ4n) is 0.894. The summed E-state index contributed by atoms with van der Waals surface area (Å²) >= 11 is 0. The summed E-state index contributed by atoms with van der Waals surface area (Å²) in [6, 6.07) is 5.79. The summed E-state index contributed by atoms with van der Waals surface area (Å²) in [4.78, 5) is 20.8. The van der Waals surface area contributed by atoms with Gasteiger partial charge in [-0.1, -0.05) is 12.1 Å². The second-order valence-electron chi connectivity index (χ2n) is 2.28. The van der Waals surface area contributed by atoms with Crippen molar-refractivity contribution in [1.82, 2.24) is 0 Å². The summed E-state index contributed by atoms with van der Waals surface area (Å²) in [6.07, 6.45) is -1.28. The van der Waals surface area contributed by atoms with E-state index in [1.165, 1.54) is 18.2 Å². The first-order valence-corrected chi connectivity index (χ1v) is 3.43. The molecule has 5 heteroatoms. The SMILES string of the molecule is O=C(O)Nc1ccccc1C(=O)O. The van der Waals surface area contributed by atoms with Crippen molar-refractivity contribution in [2.75, 3.05) is 5.32 Å². The summed E-state index contributed by atoms with van der Waals surface area (Å²) in [7, 11) is 0. The molecular weight excluding hydrogens is 174 g/mol. The molecule has 68 valence electrons. The quantitative estimate of drug-likeness (QED) is 0.644. The maximum absolute atomic E-state index is 10.6. The zero-order valence-corrected chi connectivity index (χ0v) is 6.52. The number of carboxylic acid groups (broad SMARTS) is 2. The maximum Gasteiger partial charge on any atom is 0.409 e. The van der Waals surface area contributed by atoms with E-state index in [1.807, 2.05) is 5.32 Å². The monoisotopic (exact) mass is 181 g/mol. The van der Waals surface area contributed by atoms with Crippen LogP contribution >= 0.6 is 0 Å². The van der Waals surface area contributed by atoms with E-state index in [4.69, 9.17) is 10.2 Å². The third-order valence-corrected chi connectivity index (χ3v) is 1.40. The minimum absolute atomic E-state index is 0.0649. The Morgan fingerprint density at radius 3 is 2.31 bits per heavy atom. The van der Waals surface area contributed by atoms with E-state index in [2.05, 4.69) is 0 Å². The molecule has 0 atom stereocenters. The van der Waals surface area contributed by atoms with Crippen LogP contribution in [0.4, 0.5) is 10.5 Å². The van der Waals surface area contributed by atoms with Crippen molar-refractivity contribution in [3.63, 3.8) is 0 Å². The normalized spacial score (nSPS) is 9.23. The highest BCUT2D eigenvalue weighted by Crippen LogP contribution is 2.14. The molecule has 0 aliphatic rings. The molecule has 0 heterocycles. The minimum atomic E-state index is -1.28. The second kappa shape index (κ2) is 3.57. The van der Waals surface area contributed by atoms with Crippen molar-refractivity contribution in [1.29, 1.82) is 0 Å². The predicted octanol–water partition coefficient (Wildman–Crippen LogP) is 1.47. The molecular formula is C8H7NO4. The summed E-state index contributed by atoms with van der Waals surface area (Å²) < 4.78 is 0. The molecule has 1 rings (SSSR count). The van der Waals surface area contributed by atoms with Crippen molar-refractivity contribution in [3.8, 4) is 0 Å². The number of aromatic carboxylic acids is 1. The number of rotatable bonds is 2. The molecule has 0 fully saturated rings. The van der Waals surface area contributed by atoms with Gasteiger partial charge in [-0.3, -0.25) is 5.32 Å². The van der Waals surface area contributed by atoms with Gasteiger partial charge in [0.1, 0.15) is 0 Å². The van der Waals surface area contributed by atoms with E-state index in [0.717, 1.165) is 0 Å². The van der Waals surface area contributed by atoms with Gasteiger partial charge in [0.25, 0.3) is 0 Å². The number of hydrogen-bond acceptors (Lipinski definition) is 2. The molecule has 0 aliphatic carbocycles. The van der Waals surface area contributed by atoms with Crippen LogP contribution in [0, 0.1) is 0 Å². The number of nitrogens with one attached hydrogen (secondary N) is 1. The maximum atomic E-state index is 10.6. The third kappa shape index (κ3) is 2.19. The Morgan fingerprint density at radius 2 is 1.77 bits per heavy atom. The summed E-state index contributed by atoms with van der Waals surface area (Å²) in [5.41, 5.74) is 0.00685. The van der Waals surface area contributed by atoms with Gasteiger partial charge in [-0.15, -0.1) is 0 Å². The molecule has 0 aliphatic heterocycles. The van der Waals surface area contributed by atoms with Crippen molar-refractivity contribution < 1.29 is 19.8 Å². The lowest BCUT2D eigenvalue weighted by Gasteiger charge is -2.03. The van der Waals surface area contributed by atoms with Crippen molar-refractivity contribution in [2.24, 2.45) is 0 Å². The number of amides is 1. The molecule has 0 spiro atoms. The van der Waals surface area contributed by atoms with Gasteiger partial charge in [-0.2, -0.15) is 0 Å². The van der Waals surface area contributed by atoms with Crippen LogP contribution in [0.1, 0.15) is 10.4 Å². The third-order valence-electron chi connectivity index (χ3n) is 1.40. The Labute approximate surface area is 73.6 Å². The van der Waals surface area contributed by atoms with E-state index in [0.29, 0.717) is 0 Å². The smallest absolute Gasteiger partial charge is 0.409 e. The number of anilines is 1. The molecule has 1 aromatic rings. The first kappa shape index (κ1) is 9.05. The van der Waals surface area contributed by atoms with Crippen LogP contribution < -0.4 is 5.32 Å². The van der Waals surface area contributed by atoms with E-state index in [1.54, 1.807) is 6.07 Å². The minimum Gasteiger partial charge on any atom is -0.478 e. The van der Waals surface area contributed by atoms with Crippen LogP contribution in [0.3, 0.4) is 0 Å². The Hall–Kier alpha value is -2.04. The first-order valence-electron chi connectivity index (χ1n) is 3.43. The molecule has 3 N–H and O–H groups in total. The van der Waals surface area contributed by atoms with Gasteiger partial charge in [0.05, 0.1) is 11.3 Å². The number of para-hydroxylation sites is 1. The van der Waals surface area contributed by atoms with Crippen LogP contribution in [-0.2, 0) is 0 Å². The number of carbonyl (C=O) groups is 2. The van der Waals surface area contributed by atoms with E-state index >= 15 is 0 Å². The standard InChI is InChI=1S/C8H7NO4/c10-7(11)5-3-1-2-4-6(5)9-8(12)13/h1-4,9H,(H,10,11)(H,12,13). The largest absolute Gasteiger partial charge is 0.478 e. The van der Waals surface area contributed by atoms with Gasteiger partial charge < -0.3 is 10.2 Å². The lowest BCUT2D eigenvalue weighted by molar-refractivity contribution is 0.0698. The average Bonchev–Trinajstić information content (AvgIpc) is 2.03. The molecule has 0 bridgehead atoms. The van der Waals surface area contributed by atoms with Gasteiger partial charge in [0, 0.05) is 0 Å². The second-order valence-corrected chi connectivity index (χ2v) is 2.28. The zero-order valence-electron chi connectivity index (χ0n) is 6.52. The molecule has 5 nitrogen and oxygen atoms in total. The Morgan fingerprint density at radius 1 is 1.15 bits per heavy atom. The van der Waals surface area contributed by atoms with Gasteiger partial charge in [0.15, 0.2) is 0 Å². The molecule has 0 saturated heterocycles. The summed E-state index contributed by atoms with van der Waals surface area (Å²) in [5.74, 6) is -1.16. The average molecular weight is 181 g/mol. The highest BCUT2D eigenvalue weighted by atomic mass is 16.4. The Balaban J connectivity index is 3.04. The van der Waals surface area contributed by atoms with Crippen LogP contribution in [0.25, 0.3) is 0 Å². The fourth-order valence-corrected chi connectivity index (χ4v) is 0.894. The molecule has 0 unspecified atom stereocenters. The summed E-state index contributed by atoms with van der Waals surface area (Å²) in [5, 5.41) is 19.0. The Bertz CT molecular complexity index is 348. The highest BCUT2D eigenvalue weighted by molar-refractivity contribution is 5.98. The van der Waals surface area contributed by atoms with E-state index in [9.17, 15) is 9.59 Å². The molecule has 1 amide bonds. The molecule has 0 aromatic heterocycles. The van der Waals surface area contributed by atoms with Crippen LogP contribution in [-0.4, -0.2) is 22.3 Å². The molecule has 0 saturated carbocycles.